The first kappa shape index (κ1) is 23.4. The van der Waals surface area contributed by atoms with Gasteiger partial charge in [0.2, 0.25) is 11.8 Å². The lowest BCUT2D eigenvalue weighted by atomic mass is 9.75. The first-order chi connectivity index (χ1) is 13.3. The number of piperidine rings is 1. The molecule has 2 rings (SSSR count). The Kier molecular flexibility index (Phi) is 9.03. The van der Waals surface area contributed by atoms with E-state index >= 15 is 0 Å². The van der Waals surface area contributed by atoms with Crippen LogP contribution in [-0.2, 0) is 9.59 Å². The number of nitrogens with one attached hydrogen (secondary N) is 2. The van der Waals surface area contributed by atoms with Crippen LogP contribution >= 0.6 is 11.6 Å². The predicted molar refractivity (Wildman–Crippen MR) is 112 cm³/mol. The molecule has 1 saturated carbocycles. The Morgan fingerprint density at radius 2 is 1.96 bits per heavy atom. The lowest BCUT2D eigenvalue weighted by molar-refractivity contribution is -0.132. The smallest absolute Gasteiger partial charge is 0.225 e. The number of hydrogen-bond donors (Lipinski definition) is 3. The van der Waals surface area contributed by atoms with Gasteiger partial charge in [-0.15, -0.1) is 11.6 Å². The van der Waals surface area contributed by atoms with Crippen molar-refractivity contribution in [1.29, 1.82) is 0 Å². The third-order valence-corrected chi connectivity index (χ3v) is 6.94. The number of rotatable bonds is 8. The quantitative estimate of drug-likeness (QED) is 0.529. The molecule has 7 unspecified atom stereocenters. The second kappa shape index (κ2) is 10.8. The van der Waals surface area contributed by atoms with Crippen LogP contribution < -0.4 is 10.6 Å². The van der Waals surface area contributed by atoms with Crippen LogP contribution in [0.2, 0.25) is 0 Å². The number of carbonyl (C=O) groups excluding carboxylic acids is 2. The molecule has 162 valence electrons. The van der Waals surface area contributed by atoms with Crippen molar-refractivity contribution in [1.82, 2.24) is 15.5 Å². The molecule has 3 N–H and O–H groups in total. The molecule has 0 aromatic carbocycles. The molecule has 0 bridgehead atoms. The zero-order valence-corrected chi connectivity index (χ0v) is 18.5. The third-order valence-electron chi connectivity index (χ3n) is 6.59. The predicted octanol–water partition coefficient (Wildman–Crippen LogP) is 1.99. The van der Waals surface area contributed by atoms with Gasteiger partial charge in [-0.3, -0.25) is 14.5 Å². The van der Waals surface area contributed by atoms with Crippen LogP contribution in [0.5, 0.6) is 0 Å². The van der Waals surface area contributed by atoms with Crippen molar-refractivity contribution in [3.05, 3.63) is 0 Å². The van der Waals surface area contributed by atoms with Crippen LogP contribution in [0.1, 0.15) is 53.4 Å². The van der Waals surface area contributed by atoms with Crippen LogP contribution in [0, 0.1) is 23.7 Å². The van der Waals surface area contributed by atoms with E-state index < -0.39 is 0 Å². The van der Waals surface area contributed by atoms with Gasteiger partial charge in [-0.05, 0) is 51.0 Å². The summed E-state index contributed by atoms with van der Waals surface area (Å²) in [5.41, 5.74) is 0. The fraction of sp³-hybridized carbons (Fsp3) is 0.905. The number of aliphatic hydroxyl groups is 1. The van der Waals surface area contributed by atoms with E-state index in [4.69, 9.17) is 11.6 Å². The van der Waals surface area contributed by atoms with Crippen LogP contribution in [0.4, 0.5) is 0 Å². The van der Waals surface area contributed by atoms with E-state index in [0.717, 1.165) is 25.8 Å². The van der Waals surface area contributed by atoms with Crippen LogP contribution in [0.15, 0.2) is 0 Å². The summed E-state index contributed by atoms with van der Waals surface area (Å²) in [5, 5.41) is 15.4. The molecule has 2 fully saturated rings. The molecule has 6 nitrogen and oxygen atoms in total. The first-order valence-corrected chi connectivity index (χ1v) is 11.3. The SMILES string of the molecule is CCCN(CCO)C1CC(Cl)CC(C(=O)NCC2C(=O)NC(C)CC2C)C1C. The van der Waals surface area contributed by atoms with Gasteiger partial charge in [-0.25, -0.2) is 0 Å². The molecule has 1 aliphatic heterocycles. The monoisotopic (exact) mass is 415 g/mol. The number of amides is 2. The van der Waals surface area contributed by atoms with Gasteiger partial charge >= 0.3 is 0 Å². The van der Waals surface area contributed by atoms with E-state index in [-0.39, 0.29) is 59.6 Å². The van der Waals surface area contributed by atoms with Crippen molar-refractivity contribution in [2.75, 3.05) is 26.2 Å². The van der Waals surface area contributed by atoms with E-state index in [1.807, 2.05) is 6.92 Å². The van der Waals surface area contributed by atoms with E-state index in [0.29, 0.717) is 19.5 Å². The number of aliphatic hydroxyl groups excluding tert-OH is 1. The molecule has 1 aliphatic carbocycles. The normalized spacial score (nSPS) is 36.2. The summed E-state index contributed by atoms with van der Waals surface area (Å²) in [4.78, 5) is 27.6. The molecule has 1 saturated heterocycles. The van der Waals surface area contributed by atoms with Gasteiger partial charge in [-0.1, -0.05) is 20.8 Å². The highest BCUT2D eigenvalue weighted by molar-refractivity contribution is 6.20. The Morgan fingerprint density at radius 1 is 1.25 bits per heavy atom. The highest BCUT2D eigenvalue weighted by atomic mass is 35.5. The van der Waals surface area contributed by atoms with Crippen molar-refractivity contribution in [3.63, 3.8) is 0 Å². The van der Waals surface area contributed by atoms with Gasteiger partial charge in [0.1, 0.15) is 0 Å². The summed E-state index contributed by atoms with van der Waals surface area (Å²) in [6, 6.07) is 0.388. The lowest BCUT2D eigenvalue weighted by Gasteiger charge is -2.43. The summed E-state index contributed by atoms with van der Waals surface area (Å²) in [5.74, 6) is 0.111. The molecule has 2 amide bonds. The van der Waals surface area contributed by atoms with Crippen molar-refractivity contribution in [3.8, 4) is 0 Å². The number of halogens is 1. The second-order valence-electron chi connectivity index (χ2n) is 8.84. The molecular formula is C21H38ClN3O3. The molecular weight excluding hydrogens is 378 g/mol. The summed E-state index contributed by atoms with van der Waals surface area (Å²) in [7, 11) is 0. The zero-order chi connectivity index (χ0) is 20.8. The minimum atomic E-state index is -0.173. The van der Waals surface area contributed by atoms with Crippen LogP contribution in [-0.4, -0.2) is 65.5 Å². The summed E-state index contributed by atoms with van der Waals surface area (Å²) in [6.07, 6.45) is 3.44. The van der Waals surface area contributed by atoms with Crippen molar-refractivity contribution < 1.29 is 14.7 Å². The number of nitrogens with zero attached hydrogens (tertiary/aromatic N) is 1. The van der Waals surface area contributed by atoms with E-state index in [1.54, 1.807) is 0 Å². The molecule has 0 radical (unpaired) electrons. The largest absolute Gasteiger partial charge is 0.395 e. The standard InChI is InChI=1S/C21H38ClN3O3/c1-5-6-25(7-8-26)19-11-16(22)10-17(15(19)4)20(27)23-12-18-13(2)9-14(3)24-21(18)28/h13-19,26H,5-12H2,1-4H3,(H,23,27)(H,24,28). The average Bonchev–Trinajstić information content (AvgIpc) is 2.62. The average molecular weight is 416 g/mol. The highest BCUT2D eigenvalue weighted by Crippen LogP contribution is 2.36. The minimum absolute atomic E-state index is 0.00178. The highest BCUT2D eigenvalue weighted by Gasteiger charge is 2.41. The molecule has 1 heterocycles. The van der Waals surface area contributed by atoms with Gasteiger partial charge in [0.25, 0.3) is 0 Å². The summed E-state index contributed by atoms with van der Waals surface area (Å²) < 4.78 is 0. The molecule has 28 heavy (non-hydrogen) atoms. The van der Waals surface area contributed by atoms with Gasteiger partial charge in [0.05, 0.1) is 12.5 Å². The van der Waals surface area contributed by atoms with E-state index in [1.165, 1.54) is 0 Å². The van der Waals surface area contributed by atoms with E-state index in [9.17, 15) is 14.7 Å². The minimum Gasteiger partial charge on any atom is -0.395 e. The topological polar surface area (TPSA) is 81.7 Å². The molecule has 7 heteroatoms. The van der Waals surface area contributed by atoms with Gasteiger partial charge in [0, 0.05) is 36.5 Å². The van der Waals surface area contributed by atoms with Crippen LogP contribution in [0.3, 0.4) is 0 Å². The Labute approximate surface area is 174 Å². The van der Waals surface area contributed by atoms with Crippen molar-refractivity contribution >= 4 is 23.4 Å². The number of alkyl halides is 1. The van der Waals surface area contributed by atoms with E-state index in [2.05, 4.69) is 36.3 Å². The fourth-order valence-corrected chi connectivity index (χ4v) is 5.42. The molecule has 2 aliphatic rings. The number of hydrogen-bond acceptors (Lipinski definition) is 4. The number of carbonyl (C=O) groups is 2. The zero-order valence-electron chi connectivity index (χ0n) is 17.8. The third kappa shape index (κ3) is 5.83. The Bertz CT molecular complexity index is 527. The van der Waals surface area contributed by atoms with Crippen molar-refractivity contribution in [2.24, 2.45) is 23.7 Å². The summed E-state index contributed by atoms with van der Waals surface area (Å²) in [6.45, 7) is 10.3. The maximum absolute atomic E-state index is 13.0. The Hall–Kier alpha value is -0.850. The lowest BCUT2D eigenvalue weighted by Crippen LogP contribution is -2.54. The van der Waals surface area contributed by atoms with Gasteiger partial charge < -0.3 is 15.7 Å². The second-order valence-corrected chi connectivity index (χ2v) is 9.45. The maximum atomic E-state index is 13.0. The molecule has 0 aromatic heterocycles. The Morgan fingerprint density at radius 3 is 2.57 bits per heavy atom. The van der Waals surface area contributed by atoms with Crippen molar-refractivity contribution in [2.45, 2.75) is 70.8 Å². The molecule has 7 atom stereocenters. The first-order valence-electron chi connectivity index (χ1n) is 10.8. The molecule has 0 spiro atoms. The summed E-state index contributed by atoms with van der Waals surface area (Å²) >= 11 is 6.54. The Balaban J connectivity index is 2.00. The van der Waals surface area contributed by atoms with Gasteiger partial charge in [-0.2, -0.15) is 0 Å². The molecule has 0 aromatic rings. The maximum Gasteiger partial charge on any atom is 0.225 e. The van der Waals surface area contributed by atoms with Crippen LogP contribution in [0.25, 0.3) is 0 Å². The fourth-order valence-electron chi connectivity index (χ4n) is 5.04. The van der Waals surface area contributed by atoms with Gasteiger partial charge in [0.15, 0.2) is 0 Å².